The summed E-state index contributed by atoms with van der Waals surface area (Å²) in [5.41, 5.74) is 9.77. The number of fused-ring (bicyclic) bond motifs is 4. The lowest BCUT2D eigenvalue weighted by Gasteiger charge is -2.29. The summed E-state index contributed by atoms with van der Waals surface area (Å²) >= 11 is 0. The van der Waals surface area contributed by atoms with Crippen molar-refractivity contribution in [2.24, 2.45) is 5.92 Å². The zero-order valence-electron chi connectivity index (χ0n) is 26.8. The quantitative estimate of drug-likeness (QED) is 0.179. The lowest BCUT2D eigenvalue weighted by Crippen LogP contribution is -2.24. The maximum atomic E-state index is 2.46. The fraction of sp³-hybridized carbons (Fsp3) is 0.200. The predicted molar refractivity (Wildman–Crippen MR) is 195 cm³/mol. The van der Waals surface area contributed by atoms with Gasteiger partial charge < -0.3 is 0 Å². The van der Waals surface area contributed by atoms with E-state index in [1.807, 2.05) is 0 Å². The Balaban J connectivity index is 1.13. The van der Waals surface area contributed by atoms with Crippen LogP contribution in [0, 0.1) is 5.92 Å². The van der Waals surface area contributed by atoms with E-state index in [2.05, 4.69) is 162 Å². The van der Waals surface area contributed by atoms with Crippen LogP contribution in [0.25, 0.3) is 65.3 Å². The third kappa shape index (κ3) is 3.91. The lowest BCUT2D eigenvalue weighted by molar-refractivity contribution is 0.394. The Morgan fingerprint density at radius 2 is 1.13 bits per heavy atom. The van der Waals surface area contributed by atoms with Gasteiger partial charge in [0.15, 0.2) is 0 Å². The van der Waals surface area contributed by atoms with Gasteiger partial charge in [0, 0.05) is 5.92 Å². The molecule has 7 aromatic carbocycles. The Morgan fingerprint density at radius 1 is 0.533 bits per heavy atom. The van der Waals surface area contributed by atoms with Crippen LogP contribution >= 0.6 is 0 Å². The molecule has 0 N–H and O–H groups in total. The summed E-state index contributed by atoms with van der Waals surface area (Å²) in [6.07, 6.45) is 9.22. The Morgan fingerprint density at radius 3 is 1.91 bits per heavy atom. The molecule has 7 aromatic rings. The van der Waals surface area contributed by atoms with Gasteiger partial charge in [-0.15, -0.1) is 0 Å². The number of hydrogen-bond donors (Lipinski definition) is 0. The summed E-state index contributed by atoms with van der Waals surface area (Å²) in [6.45, 7) is 11.7. The molecule has 2 unspecified atom stereocenters. The minimum Gasteiger partial charge on any atom is -0.0796 e. The van der Waals surface area contributed by atoms with Crippen molar-refractivity contribution in [3.05, 3.63) is 144 Å². The Hall–Kier alpha value is -4.68. The maximum Gasteiger partial charge on any atom is 0.00953 e. The second kappa shape index (κ2) is 9.18. The molecule has 0 aliphatic heterocycles. The predicted octanol–water partition coefficient (Wildman–Crippen LogP) is 12.5. The smallest absolute Gasteiger partial charge is 0.00953 e. The molecule has 0 radical (unpaired) electrons. The first kappa shape index (κ1) is 26.7. The molecule has 0 aromatic heterocycles. The topological polar surface area (TPSA) is 0 Å². The summed E-state index contributed by atoms with van der Waals surface area (Å²) in [5, 5.41) is 10.6. The van der Waals surface area contributed by atoms with E-state index in [-0.39, 0.29) is 10.8 Å². The first-order valence-electron chi connectivity index (χ1n) is 16.4. The molecule has 0 nitrogen and oxygen atoms in total. The molecule has 0 bridgehead atoms. The highest BCUT2D eigenvalue weighted by Crippen LogP contribution is 2.53. The average Bonchev–Trinajstić information content (AvgIpc) is 3.28. The molecule has 0 heteroatoms. The third-order valence-electron chi connectivity index (χ3n) is 11.0. The Labute approximate surface area is 266 Å². The molecular formula is C45H38. The summed E-state index contributed by atoms with van der Waals surface area (Å²) < 4.78 is 0. The van der Waals surface area contributed by atoms with Crippen molar-refractivity contribution in [1.82, 2.24) is 0 Å². The molecule has 0 heterocycles. The van der Waals surface area contributed by atoms with Crippen LogP contribution in [0.1, 0.15) is 57.2 Å². The zero-order valence-corrected chi connectivity index (χ0v) is 26.8. The van der Waals surface area contributed by atoms with Crippen LogP contribution < -0.4 is 0 Å². The van der Waals surface area contributed by atoms with E-state index in [9.17, 15) is 0 Å². The van der Waals surface area contributed by atoms with Crippen LogP contribution in [0.5, 0.6) is 0 Å². The van der Waals surface area contributed by atoms with Gasteiger partial charge in [-0.05, 0) is 111 Å². The summed E-state index contributed by atoms with van der Waals surface area (Å²) in [5.74, 6) is 1.02. The highest BCUT2D eigenvalue weighted by atomic mass is 14.5. The van der Waals surface area contributed by atoms with Gasteiger partial charge in [0.25, 0.3) is 0 Å². The zero-order chi connectivity index (χ0) is 30.7. The minimum atomic E-state index is 0.116. The first-order chi connectivity index (χ1) is 21.7. The normalized spacial score (nSPS) is 18.8. The standard InChI is InChI=1S/C45H38/c1-44(2,3)35-24-33-15-10-27-16-19-36(39-21-18-34(25-35)42(33)43(27)39)32-14-13-28-22-29(11-12-30(28)23-32)31-17-20-38-37-8-6-7-9-40(37)45(4,5)41(38)26-31/h6-26,37,40H,1-5H3. The van der Waals surface area contributed by atoms with E-state index in [0.29, 0.717) is 11.8 Å². The van der Waals surface area contributed by atoms with Crippen molar-refractivity contribution in [2.75, 3.05) is 0 Å². The average molecular weight is 579 g/mol. The number of hydrogen-bond acceptors (Lipinski definition) is 0. The van der Waals surface area contributed by atoms with Crippen LogP contribution in [-0.4, -0.2) is 0 Å². The largest absolute Gasteiger partial charge is 0.0796 e. The first-order valence-corrected chi connectivity index (χ1v) is 16.4. The van der Waals surface area contributed by atoms with E-state index in [0.717, 1.165) is 0 Å². The van der Waals surface area contributed by atoms with Crippen LogP contribution in [0.2, 0.25) is 0 Å². The summed E-state index contributed by atoms with van der Waals surface area (Å²) in [7, 11) is 0. The monoisotopic (exact) mass is 578 g/mol. The van der Waals surface area contributed by atoms with E-state index >= 15 is 0 Å². The fourth-order valence-electron chi connectivity index (χ4n) is 8.45. The molecule has 2 aliphatic rings. The number of benzene rings is 7. The van der Waals surface area contributed by atoms with Gasteiger partial charge in [0.05, 0.1) is 0 Å². The molecule has 9 rings (SSSR count). The van der Waals surface area contributed by atoms with Crippen LogP contribution in [0.3, 0.4) is 0 Å². The molecule has 0 saturated heterocycles. The van der Waals surface area contributed by atoms with Crippen molar-refractivity contribution < 1.29 is 0 Å². The minimum absolute atomic E-state index is 0.116. The van der Waals surface area contributed by atoms with Crippen LogP contribution in [0.15, 0.2) is 127 Å². The van der Waals surface area contributed by atoms with Crippen molar-refractivity contribution in [3.8, 4) is 22.3 Å². The van der Waals surface area contributed by atoms with Crippen molar-refractivity contribution in [2.45, 2.75) is 51.4 Å². The van der Waals surface area contributed by atoms with Crippen LogP contribution in [-0.2, 0) is 10.8 Å². The van der Waals surface area contributed by atoms with Crippen molar-refractivity contribution in [1.29, 1.82) is 0 Å². The molecule has 218 valence electrons. The molecular weight excluding hydrogens is 540 g/mol. The summed E-state index contributed by atoms with van der Waals surface area (Å²) in [6, 6.07) is 39.8. The highest BCUT2D eigenvalue weighted by molar-refractivity contribution is 6.25. The van der Waals surface area contributed by atoms with Gasteiger partial charge in [0.1, 0.15) is 0 Å². The number of rotatable bonds is 2. The molecule has 2 aliphatic carbocycles. The molecule has 0 amide bonds. The molecule has 0 saturated carbocycles. The highest BCUT2D eigenvalue weighted by Gasteiger charge is 2.44. The van der Waals surface area contributed by atoms with E-state index in [1.54, 1.807) is 0 Å². The van der Waals surface area contributed by atoms with E-state index < -0.39 is 0 Å². The van der Waals surface area contributed by atoms with Gasteiger partial charge in [-0.1, -0.05) is 150 Å². The van der Waals surface area contributed by atoms with E-state index in [1.165, 1.54) is 82.0 Å². The SMILES string of the molecule is CC(C)(C)c1cc2ccc3ccc(-c4ccc5cc(-c6ccc7c(c6)C(C)(C)C6C=CC=CC76)ccc5c4)c4ccc(c1)c2c34. The van der Waals surface area contributed by atoms with Gasteiger partial charge in [-0.2, -0.15) is 0 Å². The molecule has 2 atom stereocenters. The molecule has 0 fully saturated rings. The lowest BCUT2D eigenvalue weighted by atomic mass is 9.74. The van der Waals surface area contributed by atoms with Gasteiger partial charge in [-0.3, -0.25) is 0 Å². The second-order valence-electron chi connectivity index (χ2n) is 15.1. The third-order valence-corrected chi connectivity index (χ3v) is 11.0. The molecule has 0 spiro atoms. The van der Waals surface area contributed by atoms with Crippen molar-refractivity contribution in [3.63, 3.8) is 0 Å². The maximum absolute atomic E-state index is 2.46. The van der Waals surface area contributed by atoms with Gasteiger partial charge in [0.2, 0.25) is 0 Å². The fourth-order valence-corrected chi connectivity index (χ4v) is 8.45. The van der Waals surface area contributed by atoms with Gasteiger partial charge in [-0.25, -0.2) is 0 Å². The van der Waals surface area contributed by atoms with E-state index in [4.69, 9.17) is 0 Å². The Bertz CT molecular complexity index is 2370. The molecule has 45 heavy (non-hydrogen) atoms. The second-order valence-corrected chi connectivity index (χ2v) is 15.1. The van der Waals surface area contributed by atoms with Crippen molar-refractivity contribution >= 4 is 43.1 Å². The number of allylic oxidation sites excluding steroid dienone is 4. The van der Waals surface area contributed by atoms with Gasteiger partial charge >= 0.3 is 0 Å². The summed E-state index contributed by atoms with van der Waals surface area (Å²) in [4.78, 5) is 0. The Kier molecular flexibility index (Phi) is 5.44. The van der Waals surface area contributed by atoms with Crippen LogP contribution in [0.4, 0.5) is 0 Å².